The normalized spacial score (nSPS) is 27.5. The third-order valence-corrected chi connectivity index (χ3v) is 3.93. The number of rotatable bonds is 3. The summed E-state index contributed by atoms with van der Waals surface area (Å²) in [5.41, 5.74) is 0.151. The number of carbonyl (C=O) groups is 1. The van der Waals surface area contributed by atoms with Crippen molar-refractivity contribution in [1.29, 1.82) is 0 Å². The molecular weight excluding hydrogens is 178 g/mol. The van der Waals surface area contributed by atoms with Crippen LogP contribution in [-0.4, -0.2) is 36.1 Å². The summed E-state index contributed by atoms with van der Waals surface area (Å²) < 4.78 is 0. The Labute approximate surface area is 85.1 Å². The first-order chi connectivity index (χ1) is 6.62. The molecule has 0 radical (unpaired) electrons. The molecule has 0 aromatic carbocycles. The van der Waals surface area contributed by atoms with Crippen LogP contribution in [0.25, 0.3) is 0 Å². The van der Waals surface area contributed by atoms with E-state index in [4.69, 9.17) is 5.11 Å². The summed E-state index contributed by atoms with van der Waals surface area (Å²) in [5, 5.41) is 8.96. The third-order valence-electron chi connectivity index (χ3n) is 3.93. The smallest absolute Gasteiger partial charge is 0.303 e. The Balaban J connectivity index is 2.02. The van der Waals surface area contributed by atoms with Gasteiger partial charge in [0.25, 0.3) is 0 Å². The number of likely N-dealkylation sites (tertiary alicyclic amines) is 1. The van der Waals surface area contributed by atoms with Crippen LogP contribution >= 0.6 is 0 Å². The molecule has 1 saturated carbocycles. The molecule has 1 aliphatic heterocycles. The molecule has 0 aromatic heterocycles. The molecule has 0 unspecified atom stereocenters. The molecule has 1 aliphatic carbocycles. The monoisotopic (exact) mass is 197 g/mol. The van der Waals surface area contributed by atoms with Crippen LogP contribution in [0, 0.1) is 11.3 Å². The maximum Gasteiger partial charge on any atom is 0.303 e. The fraction of sp³-hybridized carbons (Fsp3) is 0.909. The standard InChI is InChI=1S/C11H19NO2/c1-12-6-4-11(5-7-12,8-10(13)14)9-2-3-9/h9H,2-8H2,1H3,(H,13,14). The highest BCUT2D eigenvalue weighted by molar-refractivity contribution is 5.67. The minimum Gasteiger partial charge on any atom is -0.481 e. The van der Waals surface area contributed by atoms with Gasteiger partial charge >= 0.3 is 5.97 Å². The van der Waals surface area contributed by atoms with Crippen molar-refractivity contribution in [2.45, 2.75) is 32.1 Å². The second-order valence-corrected chi connectivity index (χ2v) is 5.01. The van der Waals surface area contributed by atoms with Crippen molar-refractivity contribution in [1.82, 2.24) is 4.90 Å². The number of hydrogen-bond donors (Lipinski definition) is 1. The molecular formula is C11H19NO2. The van der Waals surface area contributed by atoms with Gasteiger partial charge in [0.05, 0.1) is 6.42 Å². The van der Waals surface area contributed by atoms with E-state index in [-0.39, 0.29) is 5.41 Å². The first-order valence-corrected chi connectivity index (χ1v) is 5.53. The summed E-state index contributed by atoms with van der Waals surface area (Å²) in [4.78, 5) is 13.2. The highest BCUT2D eigenvalue weighted by Crippen LogP contribution is 2.53. The van der Waals surface area contributed by atoms with Gasteiger partial charge in [-0.15, -0.1) is 0 Å². The molecule has 1 N–H and O–H groups in total. The molecule has 0 amide bonds. The van der Waals surface area contributed by atoms with Crippen molar-refractivity contribution in [2.24, 2.45) is 11.3 Å². The quantitative estimate of drug-likeness (QED) is 0.746. The lowest BCUT2D eigenvalue weighted by molar-refractivity contribution is -0.141. The Bertz CT molecular complexity index is 227. The van der Waals surface area contributed by atoms with Crippen LogP contribution in [0.3, 0.4) is 0 Å². The molecule has 1 saturated heterocycles. The molecule has 2 aliphatic rings. The van der Waals surface area contributed by atoms with E-state index in [9.17, 15) is 4.79 Å². The Morgan fingerprint density at radius 1 is 1.43 bits per heavy atom. The van der Waals surface area contributed by atoms with E-state index in [0.29, 0.717) is 12.3 Å². The van der Waals surface area contributed by atoms with Crippen LogP contribution in [-0.2, 0) is 4.79 Å². The predicted octanol–water partition coefficient (Wildman–Crippen LogP) is 1.58. The Hall–Kier alpha value is -0.570. The van der Waals surface area contributed by atoms with Crippen LogP contribution in [0.2, 0.25) is 0 Å². The van der Waals surface area contributed by atoms with Gasteiger partial charge in [-0.2, -0.15) is 0 Å². The average Bonchev–Trinajstić information content (AvgIpc) is 2.91. The third kappa shape index (κ3) is 1.92. The number of nitrogens with zero attached hydrogens (tertiary/aromatic N) is 1. The largest absolute Gasteiger partial charge is 0.481 e. The zero-order valence-electron chi connectivity index (χ0n) is 8.83. The molecule has 0 bridgehead atoms. The Kier molecular flexibility index (Phi) is 2.52. The van der Waals surface area contributed by atoms with Gasteiger partial charge in [-0.25, -0.2) is 0 Å². The summed E-state index contributed by atoms with van der Waals surface area (Å²) >= 11 is 0. The van der Waals surface area contributed by atoms with E-state index < -0.39 is 5.97 Å². The minimum absolute atomic E-state index is 0.151. The molecule has 2 rings (SSSR count). The molecule has 80 valence electrons. The number of carboxylic acid groups (broad SMARTS) is 1. The lowest BCUT2D eigenvalue weighted by Gasteiger charge is -2.40. The van der Waals surface area contributed by atoms with Crippen LogP contribution in [0.1, 0.15) is 32.1 Å². The maximum absolute atomic E-state index is 10.9. The molecule has 0 spiro atoms. The Morgan fingerprint density at radius 2 is 2.00 bits per heavy atom. The van der Waals surface area contributed by atoms with Crippen molar-refractivity contribution >= 4 is 5.97 Å². The second-order valence-electron chi connectivity index (χ2n) is 5.01. The molecule has 1 heterocycles. The van der Waals surface area contributed by atoms with E-state index in [1.165, 1.54) is 12.8 Å². The van der Waals surface area contributed by atoms with E-state index >= 15 is 0 Å². The van der Waals surface area contributed by atoms with Crippen LogP contribution in [0.5, 0.6) is 0 Å². The van der Waals surface area contributed by atoms with Gasteiger partial charge in [0, 0.05) is 0 Å². The van der Waals surface area contributed by atoms with E-state index in [1.54, 1.807) is 0 Å². The maximum atomic E-state index is 10.9. The topological polar surface area (TPSA) is 40.5 Å². The van der Waals surface area contributed by atoms with Gasteiger partial charge in [0.1, 0.15) is 0 Å². The van der Waals surface area contributed by atoms with Gasteiger partial charge in [0.15, 0.2) is 0 Å². The lowest BCUT2D eigenvalue weighted by Crippen LogP contribution is -2.40. The van der Waals surface area contributed by atoms with Crippen molar-refractivity contribution in [3.8, 4) is 0 Å². The summed E-state index contributed by atoms with van der Waals surface area (Å²) in [5.74, 6) is 0.105. The van der Waals surface area contributed by atoms with Crippen LogP contribution in [0.15, 0.2) is 0 Å². The van der Waals surface area contributed by atoms with Gasteiger partial charge < -0.3 is 10.0 Å². The highest BCUT2D eigenvalue weighted by atomic mass is 16.4. The summed E-state index contributed by atoms with van der Waals surface area (Å²) in [6, 6.07) is 0. The van der Waals surface area contributed by atoms with E-state index in [2.05, 4.69) is 11.9 Å². The van der Waals surface area contributed by atoms with Crippen molar-refractivity contribution in [3.05, 3.63) is 0 Å². The molecule has 2 fully saturated rings. The van der Waals surface area contributed by atoms with Crippen molar-refractivity contribution < 1.29 is 9.90 Å². The van der Waals surface area contributed by atoms with Crippen molar-refractivity contribution in [3.63, 3.8) is 0 Å². The van der Waals surface area contributed by atoms with Gasteiger partial charge in [-0.3, -0.25) is 4.79 Å². The number of carboxylic acids is 1. The molecule has 3 nitrogen and oxygen atoms in total. The predicted molar refractivity (Wildman–Crippen MR) is 54.1 cm³/mol. The average molecular weight is 197 g/mol. The van der Waals surface area contributed by atoms with Crippen molar-refractivity contribution in [2.75, 3.05) is 20.1 Å². The first-order valence-electron chi connectivity index (χ1n) is 5.53. The lowest BCUT2D eigenvalue weighted by atomic mass is 9.72. The SMILES string of the molecule is CN1CCC(CC(=O)O)(C2CC2)CC1. The summed E-state index contributed by atoms with van der Waals surface area (Å²) in [6.07, 6.45) is 5.08. The highest BCUT2D eigenvalue weighted by Gasteiger charge is 2.47. The fourth-order valence-corrected chi connectivity index (χ4v) is 2.79. The van der Waals surface area contributed by atoms with E-state index in [1.807, 2.05) is 0 Å². The minimum atomic E-state index is -0.610. The van der Waals surface area contributed by atoms with Gasteiger partial charge in [-0.05, 0) is 57.2 Å². The Morgan fingerprint density at radius 3 is 2.43 bits per heavy atom. The van der Waals surface area contributed by atoms with Gasteiger partial charge in [-0.1, -0.05) is 0 Å². The van der Waals surface area contributed by atoms with E-state index in [0.717, 1.165) is 25.9 Å². The van der Waals surface area contributed by atoms with Crippen LogP contribution < -0.4 is 0 Å². The number of aliphatic carboxylic acids is 1. The van der Waals surface area contributed by atoms with Crippen LogP contribution in [0.4, 0.5) is 0 Å². The number of hydrogen-bond acceptors (Lipinski definition) is 2. The summed E-state index contributed by atoms with van der Waals surface area (Å²) in [6.45, 7) is 2.15. The molecule has 0 atom stereocenters. The zero-order chi connectivity index (χ0) is 10.2. The zero-order valence-corrected chi connectivity index (χ0v) is 8.83. The molecule has 0 aromatic rings. The summed E-state index contributed by atoms with van der Waals surface area (Å²) in [7, 11) is 2.12. The molecule has 3 heteroatoms. The fourth-order valence-electron chi connectivity index (χ4n) is 2.79. The number of piperidine rings is 1. The second kappa shape index (κ2) is 3.54. The first kappa shape index (κ1) is 9.97. The molecule has 14 heavy (non-hydrogen) atoms. The van der Waals surface area contributed by atoms with Gasteiger partial charge in [0.2, 0.25) is 0 Å².